The number of aromatic nitrogens is 3. The number of anilines is 1. The molecular weight excluding hydrogens is 312 g/mol. The lowest BCUT2D eigenvalue weighted by atomic mass is 10.2. The van der Waals surface area contributed by atoms with Crippen LogP contribution >= 0.6 is 11.3 Å². The number of amides is 1. The Morgan fingerprint density at radius 1 is 1.09 bits per heavy atom. The van der Waals surface area contributed by atoms with Gasteiger partial charge in [0.2, 0.25) is 5.89 Å². The van der Waals surface area contributed by atoms with Crippen molar-refractivity contribution in [3.05, 3.63) is 59.6 Å². The van der Waals surface area contributed by atoms with Crippen LogP contribution in [0.25, 0.3) is 21.7 Å². The van der Waals surface area contributed by atoms with Crippen LogP contribution in [0.4, 0.5) is 6.01 Å². The first-order valence-electron chi connectivity index (χ1n) is 6.83. The molecule has 0 atom stereocenters. The summed E-state index contributed by atoms with van der Waals surface area (Å²) < 4.78 is 6.42. The Bertz CT molecular complexity index is 978. The number of carbonyl (C=O) groups is 1. The Hall–Kier alpha value is -3.06. The van der Waals surface area contributed by atoms with Crippen molar-refractivity contribution in [2.45, 2.75) is 0 Å². The lowest BCUT2D eigenvalue weighted by molar-refractivity contribution is 0.102. The number of nitrogens with zero attached hydrogens (tertiary/aromatic N) is 3. The van der Waals surface area contributed by atoms with Gasteiger partial charge in [0.05, 0.1) is 15.7 Å². The van der Waals surface area contributed by atoms with Gasteiger partial charge in [-0.25, -0.2) is 4.98 Å². The van der Waals surface area contributed by atoms with E-state index in [4.69, 9.17) is 4.42 Å². The van der Waals surface area contributed by atoms with Crippen molar-refractivity contribution in [1.29, 1.82) is 0 Å². The van der Waals surface area contributed by atoms with E-state index in [1.165, 1.54) is 11.3 Å². The fourth-order valence-electron chi connectivity index (χ4n) is 2.14. The maximum absolute atomic E-state index is 12.3. The highest BCUT2D eigenvalue weighted by molar-refractivity contribution is 7.16. The van der Waals surface area contributed by atoms with E-state index in [-0.39, 0.29) is 11.9 Å². The van der Waals surface area contributed by atoms with Crippen LogP contribution in [0.3, 0.4) is 0 Å². The number of thiazole rings is 1. The number of hydrogen-bond acceptors (Lipinski definition) is 6. The molecule has 4 aromatic rings. The second-order valence-corrected chi connectivity index (χ2v) is 5.65. The number of fused-ring (bicyclic) bond motifs is 1. The lowest BCUT2D eigenvalue weighted by Crippen LogP contribution is -2.11. The minimum absolute atomic E-state index is 0.0678. The summed E-state index contributed by atoms with van der Waals surface area (Å²) in [5.74, 6) is 0.0578. The topological polar surface area (TPSA) is 80.9 Å². The number of benzene rings is 2. The standard InChI is InChI=1S/C16H10N4O2S/c21-14(11-6-7-12-13(8-11)23-9-17-12)18-16-20-19-15(22-16)10-4-2-1-3-5-10/h1-9H,(H,18,20,21). The average molecular weight is 322 g/mol. The largest absolute Gasteiger partial charge is 0.403 e. The molecule has 0 bridgehead atoms. The van der Waals surface area contributed by atoms with E-state index < -0.39 is 0 Å². The molecule has 0 fully saturated rings. The minimum atomic E-state index is -0.302. The average Bonchev–Trinajstić information content (AvgIpc) is 3.24. The summed E-state index contributed by atoms with van der Waals surface area (Å²) in [4.78, 5) is 16.5. The predicted octanol–water partition coefficient (Wildman–Crippen LogP) is 3.60. The number of rotatable bonds is 3. The van der Waals surface area contributed by atoms with Gasteiger partial charge >= 0.3 is 6.01 Å². The molecule has 23 heavy (non-hydrogen) atoms. The quantitative estimate of drug-likeness (QED) is 0.623. The molecule has 0 aliphatic heterocycles. The van der Waals surface area contributed by atoms with Gasteiger partial charge in [-0.2, -0.15) is 0 Å². The summed E-state index contributed by atoms with van der Waals surface area (Å²) in [6.07, 6.45) is 0. The molecule has 0 aliphatic rings. The van der Waals surface area contributed by atoms with Gasteiger partial charge in [0.15, 0.2) is 0 Å². The van der Waals surface area contributed by atoms with Crippen LogP contribution < -0.4 is 5.32 Å². The minimum Gasteiger partial charge on any atom is -0.403 e. The van der Waals surface area contributed by atoms with Crippen molar-refractivity contribution in [1.82, 2.24) is 15.2 Å². The van der Waals surface area contributed by atoms with E-state index >= 15 is 0 Å². The van der Waals surface area contributed by atoms with Gasteiger partial charge in [-0.3, -0.25) is 10.1 Å². The first-order valence-corrected chi connectivity index (χ1v) is 7.71. The summed E-state index contributed by atoms with van der Waals surface area (Å²) in [7, 11) is 0. The van der Waals surface area contributed by atoms with Crippen LogP contribution in [0.1, 0.15) is 10.4 Å². The molecule has 6 nitrogen and oxygen atoms in total. The van der Waals surface area contributed by atoms with E-state index in [0.717, 1.165) is 15.8 Å². The maximum Gasteiger partial charge on any atom is 0.322 e. The van der Waals surface area contributed by atoms with Crippen LogP contribution in [0.5, 0.6) is 0 Å². The van der Waals surface area contributed by atoms with Crippen LogP contribution in [0.15, 0.2) is 58.5 Å². The third kappa shape index (κ3) is 2.69. The molecule has 2 aromatic carbocycles. The van der Waals surface area contributed by atoms with Crippen LogP contribution in [-0.2, 0) is 0 Å². The molecule has 4 rings (SSSR count). The van der Waals surface area contributed by atoms with Crippen LogP contribution in [-0.4, -0.2) is 21.1 Å². The van der Waals surface area contributed by atoms with E-state index in [1.807, 2.05) is 36.4 Å². The predicted molar refractivity (Wildman–Crippen MR) is 87.3 cm³/mol. The third-order valence-electron chi connectivity index (χ3n) is 3.26. The fourth-order valence-corrected chi connectivity index (χ4v) is 2.85. The van der Waals surface area contributed by atoms with Crippen molar-refractivity contribution < 1.29 is 9.21 Å². The molecule has 2 heterocycles. The second-order valence-electron chi connectivity index (χ2n) is 4.77. The first kappa shape index (κ1) is 13.6. The third-order valence-corrected chi connectivity index (χ3v) is 4.05. The second kappa shape index (κ2) is 5.62. The highest BCUT2D eigenvalue weighted by atomic mass is 32.1. The smallest absolute Gasteiger partial charge is 0.322 e. The van der Waals surface area contributed by atoms with Crippen LogP contribution in [0, 0.1) is 0 Å². The number of nitrogens with one attached hydrogen (secondary N) is 1. The SMILES string of the molecule is O=C(Nc1nnc(-c2ccccc2)o1)c1ccc2ncsc2c1. The zero-order valence-electron chi connectivity index (χ0n) is 11.8. The van der Waals surface area contributed by atoms with Crippen LogP contribution in [0.2, 0.25) is 0 Å². The van der Waals surface area contributed by atoms with E-state index in [0.29, 0.717) is 11.5 Å². The van der Waals surface area contributed by atoms with Crippen molar-refractivity contribution in [3.8, 4) is 11.5 Å². The van der Waals surface area contributed by atoms with Crippen molar-refractivity contribution in [2.24, 2.45) is 0 Å². The van der Waals surface area contributed by atoms with Crippen molar-refractivity contribution >= 4 is 33.5 Å². The molecule has 112 valence electrons. The summed E-state index contributed by atoms with van der Waals surface area (Å²) in [6, 6.07) is 14.8. The zero-order valence-corrected chi connectivity index (χ0v) is 12.6. The Labute approximate surface area is 134 Å². The molecule has 2 aromatic heterocycles. The normalized spacial score (nSPS) is 10.8. The number of carbonyl (C=O) groups excluding carboxylic acids is 1. The number of hydrogen-bond donors (Lipinski definition) is 1. The van der Waals surface area contributed by atoms with Crippen molar-refractivity contribution in [2.75, 3.05) is 5.32 Å². The fraction of sp³-hybridized carbons (Fsp3) is 0. The van der Waals surface area contributed by atoms with E-state index in [9.17, 15) is 4.79 Å². The lowest BCUT2D eigenvalue weighted by Gasteiger charge is -2.00. The van der Waals surface area contributed by atoms with Gasteiger partial charge in [0.25, 0.3) is 5.91 Å². The summed E-state index contributed by atoms with van der Waals surface area (Å²) in [5.41, 5.74) is 3.93. The summed E-state index contributed by atoms with van der Waals surface area (Å²) in [6.45, 7) is 0. The van der Waals surface area contributed by atoms with Gasteiger partial charge in [-0.1, -0.05) is 23.3 Å². The highest BCUT2D eigenvalue weighted by Gasteiger charge is 2.13. The Morgan fingerprint density at radius 2 is 1.96 bits per heavy atom. The molecule has 0 saturated carbocycles. The van der Waals surface area contributed by atoms with Crippen molar-refractivity contribution in [3.63, 3.8) is 0 Å². The molecule has 1 N–H and O–H groups in total. The Morgan fingerprint density at radius 3 is 2.83 bits per heavy atom. The van der Waals surface area contributed by atoms with E-state index in [1.54, 1.807) is 17.6 Å². The molecule has 0 aliphatic carbocycles. The maximum atomic E-state index is 12.3. The zero-order chi connectivity index (χ0) is 15.6. The monoisotopic (exact) mass is 322 g/mol. The molecule has 0 spiro atoms. The summed E-state index contributed by atoms with van der Waals surface area (Å²) in [5, 5.41) is 10.4. The molecule has 0 saturated heterocycles. The van der Waals surface area contributed by atoms with Gasteiger partial charge in [0, 0.05) is 11.1 Å². The van der Waals surface area contributed by atoms with Gasteiger partial charge in [-0.15, -0.1) is 16.4 Å². The first-order chi connectivity index (χ1) is 11.3. The Kier molecular flexibility index (Phi) is 3.32. The van der Waals surface area contributed by atoms with Gasteiger partial charge in [0.1, 0.15) is 0 Å². The molecule has 0 radical (unpaired) electrons. The van der Waals surface area contributed by atoms with E-state index in [2.05, 4.69) is 20.5 Å². The molecular formula is C16H10N4O2S. The summed E-state index contributed by atoms with van der Waals surface area (Å²) >= 11 is 1.48. The molecule has 1 amide bonds. The molecule has 7 heteroatoms. The van der Waals surface area contributed by atoms with Gasteiger partial charge in [-0.05, 0) is 30.3 Å². The Balaban J connectivity index is 1.55. The molecule has 0 unspecified atom stereocenters. The van der Waals surface area contributed by atoms with Gasteiger partial charge < -0.3 is 4.42 Å². The highest BCUT2D eigenvalue weighted by Crippen LogP contribution is 2.21.